The van der Waals surface area contributed by atoms with Crippen molar-refractivity contribution in [3.8, 4) is 5.69 Å². The van der Waals surface area contributed by atoms with Crippen LogP contribution in [-0.2, 0) is 14.8 Å². The summed E-state index contributed by atoms with van der Waals surface area (Å²) in [4.78, 5) is 24.7. The van der Waals surface area contributed by atoms with Gasteiger partial charge in [-0.3, -0.25) is 0 Å². The lowest BCUT2D eigenvalue weighted by atomic mass is 10.1. The molecule has 0 aliphatic rings. The molecule has 1 aromatic heterocycles. The number of sulfonamides is 1. The molecule has 0 unspecified atom stereocenters. The molecular formula is C28H25BrN4O5S. The van der Waals surface area contributed by atoms with E-state index in [9.17, 15) is 18.0 Å². The molecule has 0 atom stereocenters. The number of hydrogen-bond acceptors (Lipinski definition) is 6. The highest BCUT2D eigenvalue weighted by atomic mass is 79.9. The molecular weight excluding hydrogens is 584 g/mol. The highest BCUT2D eigenvalue weighted by molar-refractivity contribution is 9.10. The van der Waals surface area contributed by atoms with Gasteiger partial charge in [-0.25, -0.2) is 27.4 Å². The van der Waals surface area contributed by atoms with Gasteiger partial charge in [0.2, 0.25) is 0 Å². The van der Waals surface area contributed by atoms with E-state index >= 15 is 0 Å². The van der Waals surface area contributed by atoms with Crippen molar-refractivity contribution in [3.63, 3.8) is 0 Å². The van der Waals surface area contributed by atoms with Crippen LogP contribution in [0.25, 0.3) is 17.3 Å². The summed E-state index contributed by atoms with van der Waals surface area (Å²) in [6, 6.07) is 23.0. The maximum absolute atomic E-state index is 12.8. The number of carbonyl (C=O) groups is 2. The van der Waals surface area contributed by atoms with E-state index in [1.165, 1.54) is 28.9 Å². The second kappa shape index (κ2) is 12.1. The van der Waals surface area contributed by atoms with Crippen LogP contribution in [0.5, 0.6) is 0 Å². The quantitative estimate of drug-likeness (QED) is 0.241. The Labute approximate surface area is 234 Å². The molecule has 9 nitrogen and oxygen atoms in total. The van der Waals surface area contributed by atoms with E-state index in [0.717, 1.165) is 11.1 Å². The van der Waals surface area contributed by atoms with Crippen molar-refractivity contribution in [1.82, 2.24) is 14.5 Å². The zero-order chi connectivity index (χ0) is 28.0. The van der Waals surface area contributed by atoms with Crippen LogP contribution in [0.2, 0.25) is 0 Å². The Morgan fingerprint density at radius 1 is 0.974 bits per heavy atom. The van der Waals surface area contributed by atoms with Crippen LogP contribution in [0, 0.1) is 0 Å². The van der Waals surface area contributed by atoms with Gasteiger partial charge in [-0.15, -0.1) is 0 Å². The van der Waals surface area contributed by atoms with Crippen molar-refractivity contribution in [2.24, 2.45) is 0 Å². The van der Waals surface area contributed by atoms with Gasteiger partial charge < -0.3 is 10.1 Å². The van der Waals surface area contributed by atoms with Crippen LogP contribution in [-0.4, -0.2) is 36.8 Å². The van der Waals surface area contributed by atoms with E-state index < -0.39 is 22.0 Å². The summed E-state index contributed by atoms with van der Waals surface area (Å²) in [5, 5.41) is 6.95. The molecule has 4 aromatic rings. The van der Waals surface area contributed by atoms with Crippen molar-refractivity contribution in [2.75, 3.05) is 11.9 Å². The minimum absolute atomic E-state index is 0.0867. The van der Waals surface area contributed by atoms with Crippen LogP contribution < -0.4 is 10.0 Å². The molecule has 0 fully saturated rings. The number of rotatable bonds is 8. The Hall–Kier alpha value is -4.22. The van der Waals surface area contributed by atoms with Gasteiger partial charge in [-0.1, -0.05) is 48.5 Å². The monoisotopic (exact) mass is 608 g/mol. The number of ether oxygens (including phenoxy) is 1. The number of anilines is 1. The first-order valence-corrected chi connectivity index (χ1v) is 14.2. The van der Waals surface area contributed by atoms with Gasteiger partial charge in [0.25, 0.3) is 10.0 Å². The summed E-state index contributed by atoms with van der Waals surface area (Å²) < 4.78 is 34.8. The number of benzene rings is 3. The fourth-order valence-corrected chi connectivity index (χ4v) is 5.38. The van der Waals surface area contributed by atoms with Gasteiger partial charge in [0, 0.05) is 5.69 Å². The smallest absolute Gasteiger partial charge is 0.360 e. The molecule has 4 rings (SSSR count). The Bertz CT molecular complexity index is 1620. The van der Waals surface area contributed by atoms with Crippen LogP contribution in [0.1, 0.15) is 35.6 Å². The lowest BCUT2D eigenvalue weighted by Gasteiger charge is -2.11. The number of amides is 2. The molecule has 2 amide bonds. The van der Waals surface area contributed by atoms with Crippen molar-refractivity contribution in [3.05, 3.63) is 106 Å². The maximum atomic E-state index is 12.8. The fourth-order valence-electron chi connectivity index (χ4n) is 3.75. The summed E-state index contributed by atoms with van der Waals surface area (Å²) in [6.45, 7) is 3.77. The first-order chi connectivity index (χ1) is 18.7. The van der Waals surface area contributed by atoms with Gasteiger partial charge in [0.15, 0.2) is 5.69 Å². The number of carbonyl (C=O) groups excluding carboxylic acids is 2. The molecule has 3 aromatic carbocycles. The highest BCUT2D eigenvalue weighted by Gasteiger charge is 2.25. The van der Waals surface area contributed by atoms with E-state index in [0.29, 0.717) is 21.5 Å². The SMILES string of the molecule is CCOC(=O)c1nn(-c2ccc(S(=O)(=O)NC(=O)Nc3ccccc3)cc2)c(/C(C)=C/c2ccccc2)c1Br. The lowest BCUT2D eigenvalue weighted by molar-refractivity contribution is 0.0518. The molecule has 0 radical (unpaired) electrons. The number of halogens is 1. The zero-order valence-corrected chi connectivity index (χ0v) is 23.5. The summed E-state index contributed by atoms with van der Waals surface area (Å²) in [7, 11) is -4.16. The van der Waals surface area contributed by atoms with Crippen LogP contribution >= 0.6 is 15.9 Å². The van der Waals surface area contributed by atoms with Gasteiger partial charge >= 0.3 is 12.0 Å². The first-order valence-electron chi connectivity index (χ1n) is 11.9. The largest absolute Gasteiger partial charge is 0.461 e. The summed E-state index contributed by atoms with van der Waals surface area (Å²) in [5.74, 6) is -0.593. The molecule has 11 heteroatoms. The third-order valence-electron chi connectivity index (χ3n) is 5.50. The normalized spacial score (nSPS) is 11.6. The number of urea groups is 1. The minimum atomic E-state index is -4.16. The maximum Gasteiger partial charge on any atom is 0.360 e. The van der Waals surface area contributed by atoms with Crippen LogP contribution in [0.15, 0.2) is 94.3 Å². The number of aromatic nitrogens is 2. The average molecular weight is 610 g/mol. The lowest BCUT2D eigenvalue weighted by Crippen LogP contribution is -2.34. The number of para-hydroxylation sites is 1. The molecule has 39 heavy (non-hydrogen) atoms. The Morgan fingerprint density at radius 3 is 2.21 bits per heavy atom. The van der Waals surface area contributed by atoms with E-state index in [1.54, 1.807) is 37.3 Å². The van der Waals surface area contributed by atoms with Gasteiger partial charge in [0.05, 0.1) is 27.4 Å². The number of nitrogens with one attached hydrogen (secondary N) is 2. The highest BCUT2D eigenvalue weighted by Crippen LogP contribution is 2.32. The number of allylic oxidation sites excluding steroid dienone is 1. The second-order valence-electron chi connectivity index (χ2n) is 8.30. The van der Waals surface area contributed by atoms with Crippen molar-refractivity contribution in [1.29, 1.82) is 0 Å². The Kier molecular flexibility index (Phi) is 8.62. The molecule has 200 valence electrons. The topological polar surface area (TPSA) is 119 Å². The Morgan fingerprint density at radius 2 is 1.59 bits per heavy atom. The molecule has 0 aliphatic heterocycles. The fraction of sp³-hybridized carbons (Fsp3) is 0.107. The van der Waals surface area contributed by atoms with E-state index in [-0.39, 0.29) is 17.2 Å². The molecule has 0 saturated carbocycles. The third kappa shape index (κ3) is 6.62. The van der Waals surface area contributed by atoms with E-state index in [1.807, 2.05) is 48.1 Å². The molecule has 0 spiro atoms. The minimum Gasteiger partial charge on any atom is -0.461 e. The average Bonchev–Trinajstić information content (AvgIpc) is 3.27. The van der Waals surface area contributed by atoms with Crippen molar-refractivity contribution < 1.29 is 22.7 Å². The van der Waals surface area contributed by atoms with Gasteiger partial charge in [-0.05, 0) is 83.4 Å². The van der Waals surface area contributed by atoms with Crippen LogP contribution in [0.3, 0.4) is 0 Å². The molecule has 1 heterocycles. The summed E-state index contributed by atoms with van der Waals surface area (Å²) in [6.07, 6.45) is 1.95. The molecule has 0 bridgehead atoms. The summed E-state index contributed by atoms with van der Waals surface area (Å²) >= 11 is 3.51. The van der Waals surface area contributed by atoms with Gasteiger partial charge in [-0.2, -0.15) is 5.10 Å². The predicted molar refractivity (Wildman–Crippen MR) is 153 cm³/mol. The van der Waals surface area contributed by atoms with Crippen molar-refractivity contribution in [2.45, 2.75) is 18.7 Å². The van der Waals surface area contributed by atoms with Gasteiger partial charge in [0.1, 0.15) is 0 Å². The molecule has 2 N–H and O–H groups in total. The molecule has 0 saturated heterocycles. The van der Waals surface area contributed by atoms with E-state index in [2.05, 4.69) is 26.3 Å². The first kappa shape index (κ1) is 27.8. The molecule has 0 aliphatic carbocycles. The zero-order valence-electron chi connectivity index (χ0n) is 21.1. The Balaban J connectivity index is 1.66. The van der Waals surface area contributed by atoms with Crippen LogP contribution in [0.4, 0.5) is 10.5 Å². The second-order valence-corrected chi connectivity index (χ2v) is 10.8. The van der Waals surface area contributed by atoms with E-state index in [4.69, 9.17) is 4.74 Å². The predicted octanol–water partition coefficient (Wildman–Crippen LogP) is 5.88. The van der Waals surface area contributed by atoms with Crippen molar-refractivity contribution >= 4 is 55.3 Å². The number of nitrogens with zero attached hydrogens (tertiary/aromatic N) is 2. The number of hydrogen-bond donors (Lipinski definition) is 2. The summed E-state index contributed by atoms with van der Waals surface area (Å²) in [5.41, 5.74) is 3.38. The third-order valence-corrected chi connectivity index (χ3v) is 7.60. The standard InChI is InChI=1S/C28H25BrN4O5S/c1-3-38-27(34)25-24(29)26(19(2)18-20-10-6-4-7-11-20)33(31-25)22-14-16-23(17-15-22)39(36,37)32-28(35)30-21-12-8-5-9-13-21/h4-18H,3H2,1-2H3,(H2,30,32,35)/b19-18+. The number of esters is 1.